The number of fused-ring (bicyclic) bond motifs is 1. The molecule has 0 bridgehead atoms. The maximum atomic E-state index is 13.5. The molecule has 1 aromatic rings. The van der Waals surface area contributed by atoms with Gasteiger partial charge in [-0.2, -0.15) is 4.31 Å². The molecular weight excluding hydrogens is 386 g/mol. The smallest absolute Gasteiger partial charge is 0.243 e. The van der Waals surface area contributed by atoms with E-state index in [4.69, 9.17) is 0 Å². The number of benzene rings is 1. The van der Waals surface area contributed by atoms with Crippen molar-refractivity contribution in [3.05, 3.63) is 23.8 Å². The molecule has 1 fully saturated rings. The lowest BCUT2D eigenvalue weighted by atomic mass is 9.89. The molecule has 6 nitrogen and oxygen atoms in total. The minimum Gasteiger partial charge on any atom is -0.309 e. The van der Waals surface area contributed by atoms with Gasteiger partial charge in [0, 0.05) is 38.3 Å². The van der Waals surface area contributed by atoms with E-state index in [1.807, 2.05) is 25.9 Å². The zero-order valence-electron chi connectivity index (χ0n) is 18.2. The number of likely N-dealkylation sites (N-methyl/N-ethyl adjacent to an activating group) is 1. The summed E-state index contributed by atoms with van der Waals surface area (Å²) in [6.45, 7) is 5.36. The van der Waals surface area contributed by atoms with E-state index in [0.717, 1.165) is 24.1 Å². The highest BCUT2D eigenvalue weighted by Crippen LogP contribution is 2.35. The van der Waals surface area contributed by atoms with Crippen LogP contribution in [-0.4, -0.2) is 63.3 Å². The Morgan fingerprint density at radius 3 is 2.45 bits per heavy atom. The predicted octanol–water partition coefficient (Wildman–Crippen LogP) is 3.12. The van der Waals surface area contributed by atoms with Crippen molar-refractivity contribution in [2.45, 2.75) is 63.3 Å². The molecule has 2 aliphatic rings. The number of amides is 1. The number of carbonyl (C=O) groups is 1. The highest BCUT2D eigenvalue weighted by atomic mass is 32.2. The Bertz CT molecular complexity index is 832. The Balaban J connectivity index is 1.87. The standard InChI is InChI=1S/C22H35N3O3S/c1-17-14-20-15-21(10-11-22(20)25(17)18(2)26)29(27,28)24(13-12-23(3)4)16-19-8-6-5-7-9-19/h10-11,15,17,19H,5-9,12-14,16H2,1-4H3. The summed E-state index contributed by atoms with van der Waals surface area (Å²) >= 11 is 0. The van der Waals surface area contributed by atoms with Crippen LogP contribution in [0.5, 0.6) is 0 Å². The number of anilines is 1. The molecular formula is C22H35N3O3S. The van der Waals surface area contributed by atoms with Crippen LogP contribution in [0.25, 0.3) is 0 Å². The molecule has 1 unspecified atom stereocenters. The summed E-state index contributed by atoms with van der Waals surface area (Å²) in [4.78, 5) is 16.1. The molecule has 1 aliphatic heterocycles. The summed E-state index contributed by atoms with van der Waals surface area (Å²) in [5.41, 5.74) is 1.79. The van der Waals surface area contributed by atoms with Crippen molar-refractivity contribution in [1.82, 2.24) is 9.21 Å². The van der Waals surface area contributed by atoms with Gasteiger partial charge in [-0.3, -0.25) is 4.79 Å². The fraction of sp³-hybridized carbons (Fsp3) is 0.682. The maximum Gasteiger partial charge on any atom is 0.243 e. The Hall–Kier alpha value is -1.44. The first kappa shape index (κ1) is 22.2. The summed E-state index contributed by atoms with van der Waals surface area (Å²) in [5.74, 6) is 0.445. The van der Waals surface area contributed by atoms with E-state index in [2.05, 4.69) is 0 Å². The second-order valence-corrected chi connectivity index (χ2v) is 10.8. The minimum absolute atomic E-state index is 0.00300. The van der Waals surface area contributed by atoms with Gasteiger partial charge in [-0.15, -0.1) is 0 Å². The number of rotatable bonds is 7. The van der Waals surface area contributed by atoms with E-state index in [9.17, 15) is 13.2 Å². The van der Waals surface area contributed by atoms with Crippen LogP contribution in [-0.2, 0) is 21.2 Å². The predicted molar refractivity (Wildman–Crippen MR) is 117 cm³/mol. The summed E-state index contributed by atoms with van der Waals surface area (Å²) in [6.07, 6.45) is 6.58. The molecule has 0 aromatic heterocycles. The van der Waals surface area contributed by atoms with Gasteiger partial charge in [0.05, 0.1) is 4.90 Å². The fourth-order valence-electron chi connectivity index (χ4n) is 4.68. The normalized spacial score (nSPS) is 20.5. The van der Waals surface area contributed by atoms with Crippen LogP contribution >= 0.6 is 0 Å². The topological polar surface area (TPSA) is 60.9 Å². The zero-order chi connectivity index (χ0) is 21.2. The van der Waals surface area contributed by atoms with Crippen molar-refractivity contribution < 1.29 is 13.2 Å². The highest BCUT2D eigenvalue weighted by Gasteiger charge is 2.32. The SMILES string of the molecule is CC(=O)N1c2ccc(S(=O)(=O)N(CCN(C)C)CC3CCCCC3)cc2CC1C. The van der Waals surface area contributed by atoms with Crippen LogP contribution in [0.3, 0.4) is 0 Å². The lowest BCUT2D eigenvalue weighted by Gasteiger charge is -2.30. The Labute approximate surface area is 175 Å². The van der Waals surface area contributed by atoms with E-state index >= 15 is 0 Å². The van der Waals surface area contributed by atoms with Gasteiger partial charge in [0.2, 0.25) is 15.9 Å². The van der Waals surface area contributed by atoms with Crippen LogP contribution < -0.4 is 4.90 Å². The largest absolute Gasteiger partial charge is 0.309 e. The summed E-state index contributed by atoms with van der Waals surface area (Å²) in [6, 6.07) is 5.32. The van der Waals surface area contributed by atoms with Gasteiger partial charge in [0.25, 0.3) is 0 Å². The fourth-order valence-corrected chi connectivity index (χ4v) is 6.23. The van der Waals surface area contributed by atoms with Crippen LogP contribution in [0.2, 0.25) is 0 Å². The van der Waals surface area contributed by atoms with Crippen molar-refractivity contribution >= 4 is 21.6 Å². The van der Waals surface area contributed by atoms with Crippen LogP contribution in [0.15, 0.2) is 23.1 Å². The van der Waals surface area contributed by atoms with Gasteiger partial charge in [-0.05, 0) is 70.0 Å². The molecule has 162 valence electrons. The van der Waals surface area contributed by atoms with E-state index in [0.29, 0.717) is 36.9 Å². The number of nitrogens with zero attached hydrogens (tertiary/aromatic N) is 3. The first-order valence-electron chi connectivity index (χ1n) is 10.8. The molecule has 0 N–H and O–H groups in total. The van der Waals surface area contributed by atoms with Crippen LogP contribution in [0.1, 0.15) is 51.5 Å². The first-order chi connectivity index (χ1) is 13.7. The molecule has 7 heteroatoms. The third-order valence-electron chi connectivity index (χ3n) is 6.23. The molecule has 0 saturated heterocycles. The van der Waals surface area contributed by atoms with E-state index in [1.165, 1.54) is 19.3 Å². The molecule has 3 rings (SSSR count). The van der Waals surface area contributed by atoms with E-state index in [1.54, 1.807) is 34.3 Å². The minimum atomic E-state index is -3.57. The van der Waals surface area contributed by atoms with Crippen molar-refractivity contribution in [2.75, 3.05) is 38.6 Å². The zero-order valence-corrected chi connectivity index (χ0v) is 19.0. The van der Waals surface area contributed by atoms with Gasteiger partial charge in [0.1, 0.15) is 0 Å². The average Bonchev–Trinajstić information content (AvgIpc) is 3.00. The van der Waals surface area contributed by atoms with Crippen molar-refractivity contribution in [2.24, 2.45) is 5.92 Å². The number of hydrogen-bond donors (Lipinski definition) is 0. The highest BCUT2D eigenvalue weighted by molar-refractivity contribution is 7.89. The summed E-state index contributed by atoms with van der Waals surface area (Å²) in [5, 5.41) is 0. The third-order valence-corrected chi connectivity index (χ3v) is 8.09. The lowest BCUT2D eigenvalue weighted by Crippen LogP contribution is -2.40. The third kappa shape index (κ3) is 5.01. The van der Waals surface area contributed by atoms with Crippen molar-refractivity contribution in [1.29, 1.82) is 0 Å². The van der Waals surface area contributed by atoms with E-state index < -0.39 is 10.0 Å². The molecule has 1 aliphatic carbocycles. The monoisotopic (exact) mass is 421 g/mol. The van der Waals surface area contributed by atoms with Crippen LogP contribution in [0.4, 0.5) is 5.69 Å². The first-order valence-corrected chi connectivity index (χ1v) is 12.2. The molecule has 1 atom stereocenters. The maximum absolute atomic E-state index is 13.5. The molecule has 0 radical (unpaired) electrons. The molecule has 0 spiro atoms. The quantitative estimate of drug-likeness (QED) is 0.679. The lowest BCUT2D eigenvalue weighted by molar-refractivity contribution is -0.116. The van der Waals surface area contributed by atoms with Crippen molar-refractivity contribution in [3.63, 3.8) is 0 Å². The van der Waals surface area contributed by atoms with Gasteiger partial charge in [-0.1, -0.05) is 19.3 Å². The van der Waals surface area contributed by atoms with E-state index in [-0.39, 0.29) is 11.9 Å². The number of sulfonamides is 1. The van der Waals surface area contributed by atoms with Gasteiger partial charge < -0.3 is 9.80 Å². The van der Waals surface area contributed by atoms with Gasteiger partial charge in [-0.25, -0.2) is 8.42 Å². The number of carbonyl (C=O) groups excluding carboxylic acids is 1. The number of hydrogen-bond acceptors (Lipinski definition) is 4. The molecule has 1 amide bonds. The molecule has 1 heterocycles. The van der Waals surface area contributed by atoms with Gasteiger partial charge in [0.15, 0.2) is 0 Å². The Kier molecular flexibility index (Phi) is 7.02. The molecule has 29 heavy (non-hydrogen) atoms. The average molecular weight is 422 g/mol. The Morgan fingerprint density at radius 2 is 1.83 bits per heavy atom. The Morgan fingerprint density at radius 1 is 1.14 bits per heavy atom. The van der Waals surface area contributed by atoms with Gasteiger partial charge >= 0.3 is 0 Å². The summed E-state index contributed by atoms with van der Waals surface area (Å²) in [7, 11) is 0.372. The second kappa shape index (κ2) is 9.14. The summed E-state index contributed by atoms with van der Waals surface area (Å²) < 4.78 is 28.8. The van der Waals surface area contributed by atoms with Crippen molar-refractivity contribution in [3.8, 4) is 0 Å². The molecule has 1 saturated carbocycles. The molecule has 1 aromatic carbocycles. The van der Waals surface area contributed by atoms with Crippen LogP contribution in [0, 0.1) is 5.92 Å². The second-order valence-electron chi connectivity index (χ2n) is 8.90.